The van der Waals surface area contributed by atoms with Crippen molar-refractivity contribution in [3.8, 4) is 11.5 Å². The van der Waals surface area contributed by atoms with Gasteiger partial charge >= 0.3 is 5.97 Å². The molecule has 0 radical (unpaired) electrons. The number of aromatic nitrogens is 4. The zero-order valence-electron chi connectivity index (χ0n) is 22.8. The minimum absolute atomic E-state index is 0.165. The minimum Gasteiger partial charge on any atom is -0.485 e. The highest BCUT2D eigenvalue weighted by Crippen LogP contribution is 2.44. The highest BCUT2D eigenvalue weighted by molar-refractivity contribution is 6.30. The number of nitrogens with zero attached hydrogens (tertiary/aromatic N) is 5. The lowest BCUT2D eigenvalue weighted by Crippen LogP contribution is -2.34. The molecule has 1 N–H and O–H groups in total. The number of carboxylic acids is 1. The Labute approximate surface area is 243 Å². The summed E-state index contributed by atoms with van der Waals surface area (Å²) >= 11 is 6.05. The number of rotatable bonds is 8. The molecule has 4 aromatic rings. The first-order chi connectivity index (χ1) is 19.9. The fourth-order valence-electron chi connectivity index (χ4n) is 5.62. The molecule has 0 bridgehead atoms. The predicted octanol–water partition coefficient (Wildman–Crippen LogP) is 5.31. The van der Waals surface area contributed by atoms with E-state index in [-0.39, 0.29) is 6.10 Å². The van der Waals surface area contributed by atoms with Crippen molar-refractivity contribution < 1.29 is 19.4 Å². The number of benzene rings is 2. The molecule has 1 unspecified atom stereocenters. The molecule has 41 heavy (non-hydrogen) atoms. The third kappa shape index (κ3) is 6.01. The fourth-order valence-corrected chi connectivity index (χ4v) is 5.74. The molecule has 0 spiro atoms. The first-order valence-corrected chi connectivity index (χ1v) is 14.1. The van der Waals surface area contributed by atoms with Crippen LogP contribution in [-0.2, 0) is 24.9 Å². The van der Waals surface area contributed by atoms with Crippen molar-refractivity contribution in [1.82, 2.24) is 24.0 Å². The summed E-state index contributed by atoms with van der Waals surface area (Å²) < 4.78 is 16.7. The summed E-state index contributed by atoms with van der Waals surface area (Å²) in [7, 11) is 1.95. The van der Waals surface area contributed by atoms with Crippen LogP contribution in [0.1, 0.15) is 53.2 Å². The van der Waals surface area contributed by atoms with Crippen molar-refractivity contribution in [2.75, 3.05) is 19.7 Å². The fraction of sp³-hybridized carbons (Fsp3) is 0.323. The summed E-state index contributed by atoms with van der Waals surface area (Å²) in [5.74, 6) is 1.93. The maximum Gasteiger partial charge on any atom is 0.328 e. The third-order valence-electron chi connectivity index (χ3n) is 7.89. The standard InChI is InChI=1S/C31H32ClN5O4/c1-35-20-33-15-25(35)17-37-24(9-10-30(38)39)16-34-29(37)18-36-13-11-21(12-14-36)26-3-2-4-27-31(26)40-19-28(41-27)22-5-7-23(32)8-6-22/h2-10,15-16,20-21,28H,11-14,17-19H2,1H3,(H,38,39). The van der Waals surface area contributed by atoms with Crippen molar-refractivity contribution >= 4 is 23.6 Å². The Hall–Kier alpha value is -4.08. The van der Waals surface area contributed by atoms with E-state index < -0.39 is 5.97 Å². The number of carbonyl (C=O) groups is 1. The first-order valence-electron chi connectivity index (χ1n) is 13.8. The highest BCUT2D eigenvalue weighted by Gasteiger charge is 2.30. The van der Waals surface area contributed by atoms with Gasteiger partial charge in [0.1, 0.15) is 12.4 Å². The summed E-state index contributed by atoms with van der Waals surface area (Å²) in [5, 5.41) is 9.84. The SMILES string of the molecule is Cn1cncc1Cn1c(C=CC(=O)O)cnc1CN1CCC(c2cccc3c2OCC(c2ccc(Cl)cc2)O3)CC1. The quantitative estimate of drug-likeness (QED) is 0.286. The van der Waals surface area contributed by atoms with Crippen LogP contribution in [0.4, 0.5) is 0 Å². The Morgan fingerprint density at radius 2 is 1.93 bits per heavy atom. The van der Waals surface area contributed by atoms with Crippen LogP contribution in [0.5, 0.6) is 11.5 Å². The van der Waals surface area contributed by atoms with Crippen LogP contribution in [0.3, 0.4) is 0 Å². The molecule has 1 fully saturated rings. The molecule has 2 aliphatic heterocycles. The monoisotopic (exact) mass is 573 g/mol. The zero-order chi connectivity index (χ0) is 28.3. The highest BCUT2D eigenvalue weighted by atomic mass is 35.5. The Bertz CT molecular complexity index is 1550. The maximum absolute atomic E-state index is 11.1. The first kappa shape index (κ1) is 27.1. The number of hydrogen-bond acceptors (Lipinski definition) is 6. The lowest BCUT2D eigenvalue weighted by Gasteiger charge is -2.34. The van der Waals surface area contributed by atoms with Crippen LogP contribution < -0.4 is 9.47 Å². The summed E-state index contributed by atoms with van der Waals surface area (Å²) in [4.78, 5) is 22.5. The minimum atomic E-state index is -0.986. The van der Waals surface area contributed by atoms with Gasteiger partial charge < -0.3 is 23.7 Å². The van der Waals surface area contributed by atoms with Gasteiger partial charge in [0.05, 0.1) is 37.0 Å². The largest absolute Gasteiger partial charge is 0.485 e. The van der Waals surface area contributed by atoms with Gasteiger partial charge in [0, 0.05) is 29.9 Å². The number of hydrogen-bond donors (Lipinski definition) is 1. The van der Waals surface area contributed by atoms with Crippen LogP contribution in [0.2, 0.25) is 5.02 Å². The Morgan fingerprint density at radius 3 is 2.66 bits per heavy atom. The molecule has 1 saturated heterocycles. The molecule has 10 heteroatoms. The van der Waals surface area contributed by atoms with E-state index in [1.54, 1.807) is 18.6 Å². The van der Waals surface area contributed by atoms with Crippen molar-refractivity contribution in [2.24, 2.45) is 7.05 Å². The van der Waals surface area contributed by atoms with Crippen LogP contribution >= 0.6 is 11.6 Å². The lowest BCUT2D eigenvalue weighted by atomic mass is 9.88. The molecule has 6 rings (SSSR count). The number of aryl methyl sites for hydroxylation is 1. The van der Waals surface area contributed by atoms with Crippen LogP contribution in [0.25, 0.3) is 6.08 Å². The van der Waals surface area contributed by atoms with Gasteiger partial charge in [-0.05, 0) is 61.7 Å². The second-order valence-corrected chi connectivity index (χ2v) is 11.0. The van der Waals surface area contributed by atoms with E-state index in [0.717, 1.165) is 66.3 Å². The Morgan fingerprint density at radius 1 is 1.12 bits per heavy atom. The summed E-state index contributed by atoms with van der Waals surface area (Å²) in [6, 6.07) is 13.9. The number of fused-ring (bicyclic) bond motifs is 1. The van der Waals surface area contributed by atoms with E-state index in [9.17, 15) is 4.79 Å². The summed E-state index contributed by atoms with van der Waals surface area (Å²) in [6.45, 7) is 3.54. The van der Waals surface area contributed by atoms with E-state index in [0.29, 0.717) is 30.6 Å². The molecule has 9 nitrogen and oxygen atoms in total. The number of carboxylic acid groups (broad SMARTS) is 1. The van der Waals surface area contributed by atoms with Crippen molar-refractivity contribution in [3.63, 3.8) is 0 Å². The van der Waals surface area contributed by atoms with Gasteiger partial charge in [0.15, 0.2) is 17.6 Å². The molecule has 1 atom stereocenters. The molecule has 212 valence electrons. The van der Waals surface area contributed by atoms with Gasteiger partial charge in [-0.2, -0.15) is 0 Å². The Kier molecular flexibility index (Phi) is 7.80. The molecule has 0 aliphatic carbocycles. The molecule has 0 saturated carbocycles. The van der Waals surface area contributed by atoms with Gasteiger partial charge in [0.2, 0.25) is 0 Å². The third-order valence-corrected chi connectivity index (χ3v) is 8.15. The van der Waals surface area contributed by atoms with Gasteiger partial charge in [-0.15, -0.1) is 0 Å². The van der Waals surface area contributed by atoms with E-state index >= 15 is 0 Å². The Balaban J connectivity index is 1.13. The van der Waals surface area contributed by atoms with E-state index in [4.69, 9.17) is 26.2 Å². The number of para-hydroxylation sites is 1. The zero-order valence-corrected chi connectivity index (χ0v) is 23.6. The maximum atomic E-state index is 11.1. The average Bonchev–Trinajstić information content (AvgIpc) is 3.57. The van der Waals surface area contributed by atoms with Gasteiger partial charge in [-0.1, -0.05) is 35.9 Å². The van der Waals surface area contributed by atoms with Crippen LogP contribution in [-0.4, -0.2) is 54.8 Å². The molecular weight excluding hydrogens is 542 g/mol. The van der Waals surface area contributed by atoms with Gasteiger partial charge in [-0.25, -0.2) is 14.8 Å². The van der Waals surface area contributed by atoms with Gasteiger partial charge in [0.25, 0.3) is 0 Å². The number of ether oxygens (including phenoxy) is 2. The molecule has 2 aromatic heterocycles. The molecule has 0 amide bonds. The van der Waals surface area contributed by atoms with Crippen molar-refractivity contribution in [3.05, 3.63) is 101 Å². The number of halogens is 1. The lowest BCUT2D eigenvalue weighted by molar-refractivity contribution is -0.131. The van der Waals surface area contributed by atoms with Gasteiger partial charge in [-0.3, -0.25) is 4.90 Å². The number of aliphatic carboxylic acids is 1. The number of imidazole rings is 2. The van der Waals surface area contributed by atoms with E-state index in [1.807, 2.05) is 48.1 Å². The second kappa shape index (κ2) is 11.8. The molecule has 4 heterocycles. The van der Waals surface area contributed by atoms with E-state index in [2.05, 4.69) is 31.6 Å². The predicted molar refractivity (Wildman–Crippen MR) is 155 cm³/mol. The van der Waals surface area contributed by atoms with Crippen LogP contribution in [0.15, 0.2) is 67.3 Å². The smallest absolute Gasteiger partial charge is 0.328 e. The van der Waals surface area contributed by atoms with Crippen molar-refractivity contribution in [1.29, 1.82) is 0 Å². The summed E-state index contributed by atoms with van der Waals surface area (Å²) in [6.07, 6.45) is 9.89. The molecular formula is C31H32ClN5O4. The topological polar surface area (TPSA) is 94.6 Å². The second-order valence-electron chi connectivity index (χ2n) is 10.5. The van der Waals surface area contributed by atoms with Crippen LogP contribution in [0, 0.1) is 0 Å². The summed E-state index contributed by atoms with van der Waals surface area (Å²) in [5.41, 5.74) is 4.02. The number of piperidine rings is 1. The molecule has 2 aromatic carbocycles. The normalized spacial score (nSPS) is 17.8. The van der Waals surface area contributed by atoms with Crippen molar-refractivity contribution in [2.45, 2.75) is 38.0 Å². The molecule has 2 aliphatic rings. The number of likely N-dealkylation sites (tertiary alicyclic amines) is 1. The average molecular weight is 574 g/mol. The van der Waals surface area contributed by atoms with E-state index in [1.165, 1.54) is 5.56 Å².